The summed E-state index contributed by atoms with van der Waals surface area (Å²) in [6.45, 7) is 3.94. The van der Waals surface area contributed by atoms with Crippen LogP contribution in [0.3, 0.4) is 0 Å². The summed E-state index contributed by atoms with van der Waals surface area (Å²) in [5.74, 6) is -2.41. The van der Waals surface area contributed by atoms with E-state index in [0.29, 0.717) is 11.6 Å². The van der Waals surface area contributed by atoms with Gasteiger partial charge in [-0.3, -0.25) is 4.79 Å². The van der Waals surface area contributed by atoms with Crippen LogP contribution >= 0.6 is 0 Å². The first kappa shape index (κ1) is 17.8. The number of nitrogens with one attached hydrogen (secondary N) is 1. The third kappa shape index (κ3) is 3.64. The SMILES string of the molecule is CC(C)(CNC(=O)c1cccc(F)c1F)c1coc(-c2ccccc2)n1. The van der Waals surface area contributed by atoms with Crippen molar-refractivity contribution < 1.29 is 18.0 Å². The van der Waals surface area contributed by atoms with E-state index in [0.717, 1.165) is 11.6 Å². The highest BCUT2D eigenvalue weighted by Gasteiger charge is 2.26. The number of halogens is 2. The molecule has 0 atom stereocenters. The summed E-state index contributed by atoms with van der Waals surface area (Å²) in [7, 11) is 0. The molecule has 0 radical (unpaired) electrons. The number of nitrogens with zero attached hydrogens (tertiary/aromatic N) is 1. The van der Waals surface area contributed by atoms with E-state index in [1.165, 1.54) is 18.4 Å². The Bertz CT molecular complexity index is 921. The zero-order valence-corrected chi connectivity index (χ0v) is 14.4. The number of rotatable bonds is 5. The van der Waals surface area contributed by atoms with Gasteiger partial charge in [0.25, 0.3) is 5.91 Å². The molecule has 2 aromatic carbocycles. The Balaban J connectivity index is 1.72. The summed E-state index contributed by atoms with van der Waals surface area (Å²) in [4.78, 5) is 16.6. The molecule has 0 spiro atoms. The first-order valence-corrected chi connectivity index (χ1v) is 8.12. The average molecular weight is 356 g/mol. The van der Waals surface area contributed by atoms with E-state index in [1.54, 1.807) is 0 Å². The van der Waals surface area contributed by atoms with Crippen LogP contribution in [0.2, 0.25) is 0 Å². The summed E-state index contributed by atoms with van der Waals surface area (Å²) in [5.41, 5.74) is 0.610. The maximum Gasteiger partial charge on any atom is 0.254 e. The molecule has 0 saturated carbocycles. The lowest BCUT2D eigenvalue weighted by Gasteiger charge is -2.22. The Kier molecular flexibility index (Phi) is 4.84. The molecule has 0 bridgehead atoms. The first-order chi connectivity index (χ1) is 12.4. The van der Waals surface area contributed by atoms with Gasteiger partial charge in [0, 0.05) is 17.5 Å². The lowest BCUT2D eigenvalue weighted by molar-refractivity contribution is 0.0940. The molecule has 1 N–H and O–H groups in total. The minimum Gasteiger partial charge on any atom is -0.444 e. The van der Waals surface area contributed by atoms with Crippen LogP contribution in [-0.4, -0.2) is 17.4 Å². The van der Waals surface area contributed by atoms with Gasteiger partial charge < -0.3 is 9.73 Å². The fraction of sp³-hybridized carbons (Fsp3) is 0.200. The average Bonchev–Trinajstić information content (AvgIpc) is 3.14. The van der Waals surface area contributed by atoms with E-state index in [9.17, 15) is 13.6 Å². The molecule has 134 valence electrons. The van der Waals surface area contributed by atoms with E-state index in [2.05, 4.69) is 10.3 Å². The molecule has 6 heteroatoms. The molecule has 0 aliphatic carbocycles. The van der Waals surface area contributed by atoms with E-state index < -0.39 is 23.0 Å². The minimum absolute atomic E-state index is 0.183. The third-order valence-electron chi connectivity index (χ3n) is 4.11. The number of amides is 1. The third-order valence-corrected chi connectivity index (χ3v) is 4.11. The molecule has 3 aromatic rings. The molecular weight excluding hydrogens is 338 g/mol. The molecule has 0 fully saturated rings. The van der Waals surface area contributed by atoms with Gasteiger partial charge in [0.1, 0.15) is 6.26 Å². The molecule has 1 heterocycles. The lowest BCUT2D eigenvalue weighted by Crippen LogP contribution is -2.37. The van der Waals surface area contributed by atoms with Crippen LogP contribution in [0, 0.1) is 11.6 Å². The monoisotopic (exact) mass is 356 g/mol. The standard InChI is InChI=1S/C20H18F2N2O2/c1-20(2,12-23-18(25)14-9-6-10-15(21)17(14)22)16-11-26-19(24-16)13-7-4-3-5-8-13/h3-11H,12H2,1-2H3,(H,23,25). The number of aromatic nitrogens is 1. The second-order valence-corrected chi connectivity index (χ2v) is 6.57. The van der Waals surface area contributed by atoms with Gasteiger partial charge in [0.05, 0.1) is 11.3 Å². The number of benzene rings is 2. The molecular formula is C20H18F2N2O2. The second kappa shape index (κ2) is 7.07. The van der Waals surface area contributed by atoms with Crippen LogP contribution in [0.15, 0.2) is 59.2 Å². The fourth-order valence-electron chi connectivity index (χ4n) is 2.46. The summed E-state index contributed by atoms with van der Waals surface area (Å²) in [6, 6.07) is 13.0. The highest BCUT2D eigenvalue weighted by atomic mass is 19.2. The first-order valence-electron chi connectivity index (χ1n) is 8.12. The molecule has 3 rings (SSSR count). The molecule has 0 unspecified atom stereocenters. The molecule has 1 amide bonds. The molecule has 4 nitrogen and oxygen atoms in total. The number of oxazole rings is 1. The van der Waals surface area contributed by atoms with Gasteiger partial charge in [-0.2, -0.15) is 0 Å². The number of carbonyl (C=O) groups excluding carboxylic acids is 1. The quantitative estimate of drug-likeness (QED) is 0.740. The van der Waals surface area contributed by atoms with Gasteiger partial charge in [0.15, 0.2) is 11.6 Å². The number of hydrogen-bond acceptors (Lipinski definition) is 3. The van der Waals surface area contributed by atoms with Gasteiger partial charge in [-0.05, 0) is 24.3 Å². The van der Waals surface area contributed by atoms with Crippen LogP contribution in [0.5, 0.6) is 0 Å². The Morgan fingerprint density at radius 3 is 2.58 bits per heavy atom. The lowest BCUT2D eigenvalue weighted by atomic mass is 9.90. The summed E-state index contributed by atoms with van der Waals surface area (Å²) < 4.78 is 32.5. The van der Waals surface area contributed by atoms with E-state index in [-0.39, 0.29) is 12.1 Å². The van der Waals surface area contributed by atoms with Gasteiger partial charge in [-0.25, -0.2) is 13.8 Å². The van der Waals surface area contributed by atoms with Gasteiger partial charge in [-0.15, -0.1) is 0 Å². The Morgan fingerprint density at radius 2 is 1.85 bits per heavy atom. The Morgan fingerprint density at radius 1 is 1.12 bits per heavy atom. The van der Waals surface area contributed by atoms with Crippen LogP contribution in [0.4, 0.5) is 8.78 Å². The topological polar surface area (TPSA) is 55.1 Å². The van der Waals surface area contributed by atoms with Gasteiger partial charge in [-0.1, -0.05) is 38.1 Å². The van der Waals surface area contributed by atoms with Crippen molar-refractivity contribution >= 4 is 5.91 Å². The Labute approximate surface area is 149 Å². The number of carbonyl (C=O) groups is 1. The minimum atomic E-state index is -1.16. The van der Waals surface area contributed by atoms with Crippen molar-refractivity contribution in [3.8, 4) is 11.5 Å². The van der Waals surface area contributed by atoms with Crippen molar-refractivity contribution in [2.24, 2.45) is 0 Å². The van der Waals surface area contributed by atoms with E-state index in [1.807, 2.05) is 44.2 Å². The van der Waals surface area contributed by atoms with Crippen LogP contribution in [-0.2, 0) is 5.41 Å². The van der Waals surface area contributed by atoms with Crippen molar-refractivity contribution in [3.05, 3.63) is 77.7 Å². The summed E-state index contributed by atoms with van der Waals surface area (Å²) >= 11 is 0. The maximum absolute atomic E-state index is 13.7. The predicted molar refractivity (Wildman–Crippen MR) is 93.7 cm³/mol. The second-order valence-electron chi connectivity index (χ2n) is 6.57. The molecule has 0 saturated heterocycles. The highest BCUT2D eigenvalue weighted by Crippen LogP contribution is 2.26. The zero-order valence-electron chi connectivity index (χ0n) is 14.4. The molecule has 0 aliphatic heterocycles. The van der Waals surface area contributed by atoms with Crippen LogP contribution < -0.4 is 5.32 Å². The molecule has 26 heavy (non-hydrogen) atoms. The van der Waals surface area contributed by atoms with Crippen molar-refractivity contribution in [1.29, 1.82) is 0 Å². The maximum atomic E-state index is 13.7. The largest absolute Gasteiger partial charge is 0.444 e. The van der Waals surface area contributed by atoms with Gasteiger partial charge in [0.2, 0.25) is 5.89 Å². The predicted octanol–water partition coefficient (Wildman–Crippen LogP) is 4.33. The summed E-state index contributed by atoms with van der Waals surface area (Å²) in [6.07, 6.45) is 1.54. The zero-order chi connectivity index (χ0) is 18.7. The Hall–Kier alpha value is -3.02. The van der Waals surface area contributed by atoms with Crippen molar-refractivity contribution in [2.75, 3.05) is 6.54 Å². The van der Waals surface area contributed by atoms with Crippen LogP contribution in [0.25, 0.3) is 11.5 Å². The van der Waals surface area contributed by atoms with Crippen molar-refractivity contribution in [1.82, 2.24) is 10.3 Å². The van der Waals surface area contributed by atoms with E-state index in [4.69, 9.17) is 4.42 Å². The normalized spacial score (nSPS) is 11.4. The van der Waals surface area contributed by atoms with E-state index >= 15 is 0 Å². The molecule has 0 aliphatic rings. The van der Waals surface area contributed by atoms with Crippen molar-refractivity contribution in [2.45, 2.75) is 19.3 Å². The molecule has 1 aromatic heterocycles. The van der Waals surface area contributed by atoms with Gasteiger partial charge >= 0.3 is 0 Å². The fourth-order valence-corrected chi connectivity index (χ4v) is 2.46. The number of hydrogen-bond donors (Lipinski definition) is 1. The highest BCUT2D eigenvalue weighted by molar-refractivity contribution is 5.94. The van der Waals surface area contributed by atoms with Crippen LogP contribution in [0.1, 0.15) is 29.9 Å². The smallest absolute Gasteiger partial charge is 0.254 e. The summed E-state index contributed by atoms with van der Waals surface area (Å²) in [5, 5.41) is 2.63. The van der Waals surface area contributed by atoms with Crippen molar-refractivity contribution in [3.63, 3.8) is 0 Å².